The molecule has 2 rings (SSSR count). The standard InChI is InChI=1S/C15H13BrFNO/c1-9-4-3-5-12(10(9)2)15(19)18-14-7-6-11(17)8-13(14)16/h3-8H,1-2H3,(H,18,19). The van der Waals surface area contributed by atoms with E-state index in [1.807, 2.05) is 26.0 Å². The topological polar surface area (TPSA) is 29.1 Å². The molecule has 0 aromatic heterocycles. The molecule has 19 heavy (non-hydrogen) atoms. The monoisotopic (exact) mass is 321 g/mol. The summed E-state index contributed by atoms with van der Waals surface area (Å²) in [6, 6.07) is 9.73. The van der Waals surface area contributed by atoms with Gasteiger partial charge in [0.2, 0.25) is 0 Å². The summed E-state index contributed by atoms with van der Waals surface area (Å²) in [7, 11) is 0. The summed E-state index contributed by atoms with van der Waals surface area (Å²) in [5.41, 5.74) is 3.17. The van der Waals surface area contributed by atoms with Crippen LogP contribution in [0.15, 0.2) is 40.9 Å². The first-order valence-corrected chi connectivity index (χ1v) is 6.61. The fraction of sp³-hybridized carbons (Fsp3) is 0.133. The molecule has 4 heteroatoms. The Kier molecular flexibility index (Phi) is 4.00. The molecule has 0 radical (unpaired) electrons. The van der Waals surface area contributed by atoms with Gasteiger partial charge in [0, 0.05) is 10.0 Å². The van der Waals surface area contributed by atoms with E-state index in [2.05, 4.69) is 21.2 Å². The molecule has 1 N–H and O–H groups in total. The van der Waals surface area contributed by atoms with Crippen LogP contribution in [0.4, 0.5) is 10.1 Å². The van der Waals surface area contributed by atoms with Gasteiger partial charge in [-0.3, -0.25) is 4.79 Å². The Morgan fingerprint density at radius 3 is 2.63 bits per heavy atom. The van der Waals surface area contributed by atoms with Crippen molar-refractivity contribution < 1.29 is 9.18 Å². The highest BCUT2D eigenvalue weighted by Gasteiger charge is 2.12. The van der Waals surface area contributed by atoms with E-state index in [0.717, 1.165) is 11.1 Å². The molecule has 0 bridgehead atoms. The van der Waals surface area contributed by atoms with E-state index in [1.54, 1.807) is 6.07 Å². The summed E-state index contributed by atoms with van der Waals surface area (Å²) in [4.78, 5) is 12.2. The first-order chi connectivity index (χ1) is 8.99. The van der Waals surface area contributed by atoms with Crippen LogP contribution in [0.1, 0.15) is 21.5 Å². The number of anilines is 1. The number of carbonyl (C=O) groups is 1. The molecule has 0 aliphatic carbocycles. The van der Waals surface area contributed by atoms with E-state index < -0.39 is 0 Å². The summed E-state index contributed by atoms with van der Waals surface area (Å²) in [5, 5.41) is 2.77. The predicted molar refractivity (Wildman–Crippen MR) is 78.0 cm³/mol. The average molecular weight is 322 g/mol. The van der Waals surface area contributed by atoms with Gasteiger partial charge in [-0.2, -0.15) is 0 Å². The molecule has 0 spiro atoms. The first kappa shape index (κ1) is 13.7. The van der Waals surface area contributed by atoms with Crippen LogP contribution in [0.2, 0.25) is 0 Å². The first-order valence-electron chi connectivity index (χ1n) is 5.81. The number of hydrogen-bond donors (Lipinski definition) is 1. The molecule has 0 saturated carbocycles. The molecule has 2 nitrogen and oxygen atoms in total. The highest BCUT2D eigenvalue weighted by molar-refractivity contribution is 9.10. The Morgan fingerprint density at radius 1 is 1.21 bits per heavy atom. The summed E-state index contributed by atoms with van der Waals surface area (Å²) in [6.45, 7) is 3.86. The van der Waals surface area contributed by atoms with E-state index in [0.29, 0.717) is 15.7 Å². The van der Waals surface area contributed by atoms with E-state index in [9.17, 15) is 9.18 Å². The van der Waals surface area contributed by atoms with Crippen LogP contribution in [-0.4, -0.2) is 5.91 Å². The molecule has 0 fully saturated rings. The van der Waals surface area contributed by atoms with Crippen LogP contribution >= 0.6 is 15.9 Å². The number of hydrogen-bond acceptors (Lipinski definition) is 1. The van der Waals surface area contributed by atoms with E-state index in [-0.39, 0.29) is 11.7 Å². The average Bonchev–Trinajstić information content (AvgIpc) is 2.36. The van der Waals surface area contributed by atoms with Crippen molar-refractivity contribution in [1.29, 1.82) is 0 Å². The SMILES string of the molecule is Cc1cccc(C(=O)Nc2ccc(F)cc2Br)c1C. The van der Waals surface area contributed by atoms with Crippen molar-refractivity contribution in [2.24, 2.45) is 0 Å². The van der Waals surface area contributed by atoms with Crippen molar-refractivity contribution in [3.63, 3.8) is 0 Å². The van der Waals surface area contributed by atoms with Crippen LogP contribution in [-0.2, 0) is 0 Å². The number of benzene rings is 2. The van der Waals surface area contributed by atoms with Crippen LogP contribution in [0.3, 0.4) is 0 Å². The van der Waals surface area contributed by atoms with Crippen LogP contribution in [0, 0.1) is 19.7 Å². The number of rotatable bonds is 2. The number of halogens is 2. The molecule has 0 saturated heterocycles. The van der Waals surface area contributed by atoms with Gasteiger partial charge in [0.1, 0.15) is 5.82 Å². The molecule has 0 aliphatic rings. The molecular formula is C15H13BrFNO. The van der Waals surface area contributed by atoms with Gasteiger partial charge in [-0.1, -0.05) is 12.1 Å². The maximum absolute atomic E-state index is 13.0. The minimum absolute atomic E-state index is 0.200. The van der Waals surface area contributed by atoms with Gasteiger partial charge in [-0.05, 0) is 65.2 Å². The number of carbonyl (C=O) groups excluding carboxylic acids is 1. The zero-order chi connectivity index (χ0) is 14.0. The smallest absolute Gasteiger partial charge is 0.255 e. The highest BCUT2D eigenvalue weighted by Crippen LogP contribution is 2.24. The van der Waals surface area contributed by atoms with Gasteiger partial charge >= 0.3 is 0 Å². The molecule has 0 unspecified atom stereocenters. The molecule has 2 aromatic rings. The maximum Gasteiger partial charge on any atom is 0.255 e. The largest absolute Gasteiger partial charge is 0.321 e. The molecule has 1 amide bonds. The third-order valence-corrected chi connectivity index (χ3v) is 3.68. The van der Waals surface area contributed by atoms with E-state index in [4.69, 9.17) is 0 Å². The third-order valence-electron chi connectivity index (χ3n) is 3.03. The quantitative estimate of drug-likeness (QED) is 0.869. The lowest BCUT2D eigenvalue weighted by molar-refractivity contribution is 0.102. The molecule has 98 valence electrons. The molecule has 0 atom stereocenters. The Labute approximate surface area is 119 Å². The van der Waals surface area contributed by atoms with Gasteiger partial charge in [-0.15, -0.1) is 0 Å². The maximum atomic E-state index is 13.0. The predicted octanol–water partition coefficient (Wildman–Crippen LogP) is 4.46. The van der Waals surface area contributed by atoms with Gasteiger partial charge in [0.15, 0.2) is 0 Å². The minimum Gasteiger partial charge on any atom is -0.321 e. The van der Waals surface area contributed by atoms with Crippen molar-refractivity contribution in [3.05, 3.63) is 63.4 Å². The third kappa shape index (κ3) is 3.01. The summed E-state index contributed by atoms with van der Waals surface area (Å²) < 4.78 is 13.5. The van der Waals surface area contributed by atoms with Crippen LogP contribution < -0.4 is 5.32 Å². The van der Waals surface area contributed by atoms with Crippen LogP contribution in [0.5, 0.6) is 0 Å². The summed E-state index contributed by atoms with van der Waals surface area (Å²) in [6.07, 6.45) is 0. The Hall–Kier alpha value is -1.68. The normalized spacial score (nSPS) is 10.3. The van der Waals surface area contributed by atoms with Crippen molar-refractivity contribution in [2.45, 2.75) is 13.8 Å². The van der Waals surface area contributed by atoms with Crippen LogP contribution in [0.25, 0.3) is 0 Å². The Balaban J connectivity index is 2.28. The fourth-order valence-electron chi connectivity index (χ4n) is 1.78. The molecular weight excluding hydrogens is 309 g/mol. The number of amides is 1. The summed E-state index contributed by atoms with van der Waals surface area (Å²) >= 11 is 3.23. The van der Waals surface area contributed by atoms with Gasteiger partial charge in [-0.25, -0.2) is 4.39 Å². The zero-order valence-electron chi connectivity index (χ0n) is 10.6. The number of aryl methyl sites for hydroxylation is 1. The Bertz CT molecular complexity index is 640. The molecule has 2 aromatic carbocycles. The van der Waals surface area contributed by atoms with Crippen molar-refractivity contribution in [3.8, 4) is 0 Å². The second-order valence-electron chi connectivity index (χ2n) is 4.33. The zero-order valence-corrected chi connectivity index (χ0v) is 12.2. The van der Waals surface area contributed by atoms with Crippen molar-refractivity contribution in [2.75, 3.05) is 5.32 Å². The minimum atomic E-state index is -0.350. The Morgan fingerprint density at radius 2 is 1.95 bits per heavy atom. The van der Waals surface area contributed by atoms with E-state index in [1.165, 1.54) is 18.2 Å². The van der Waals surface area contributed by atoms with Gasteiger partial charge < -0.3 is 5.32 Å². The fourth-order valence-corrected chi connectivity index (χ4v) is 2.23. The van der Waals surface area contributed by atoms with Gasteiger partial charge in [0.25, 0.3) is 5.91 Å². The summed E-state index contributed by atoms with van der Waals surface area (Å²) in [5.74, 6) is -0.551. The lowest BCUT2D eigenvalue weighted by Gasteiger charge is -2.10. The second-order valence-corrected chi connectivity index (χ2v) is 5.18. The van der Waals surface area contributed by atoms with E-state index >= 15 is 0 Å². The number of nitrogens with one attached hydrogen (secondary N) is 1. The lowest BCUT2D eigenvalue weighted by Crippen LogP contribution is -2.14. The van der Waals surface area contributed by atoms with Crippen molar-refractivity contribution in [1.82, 2.24) is 0 Å². The molecule has 0 aliphatic heterocycles. The van der Waals surface area contributed by atoms with Gasteiger partial charge in [0.05, 0.1) is 5.69 Å². The highest BCUT2D eigenvalue weighted by atomic mass is 79.9. The lowest BCUT2D eigenvalue weighted by atomic mass is 10.0. The van der Waals surface area contributed by atoms with Crippen molar-refractivity contribution >= 4 is 27.5 Å². The second kappa shape index (κ2) is 5.53. The molecule has 0 heterocycles.